The lowest BCUT2D eigenvalue weighted by molar-refractivity contribution is -0.136. The maximum Gasteiger partial charge on any atom is 0.223 e. The van der Waals surface area contributed by atoms with Crippen LogP contribution in [0.3, 0.4) is 0 Å². The molecule has 6 heteroatoms. The van der Waals surface area contributed by atoms with Gasteiger partial charge >= 0.3 is 0 Å². The number of carbonyl (C=O) groups excluding carboxylic acids is 2. The van der Waals surface area contributed by atoms with Gasteiger partial charge in [0, 0.05) is 39.0 Å². The molecule has 2 fully saturated rings. The van der Waals surface area contributed by atoms with Crippen LogP contribution < -0.4 is 9.80 Å². The average molecular weight is 407 g/mol. The van der Waals surface area contributed by atoms with Crippen molar-refractivity contribution in [2.75, 3.05) is 23.9 Å². The molecule has 0 spiro atoms. The van der Waals surface area contributed by atoms with E-state index in [1.54, 1.807) is 0 Å². The topological polar surface area (TPSA) is 67.6 Å². The quantitative estimate of drug-likeness (QED) is 0.528. The Morgan fingerprint density at radius 3 is 2.07 bits per heavy atom. The van der Waals surface area contributed by atoms with Crippen LogP contribution in [0, 0.1) is 11.3 Å². The van der Waals surface area contributed by atoms with E-state index in [1.807, 2.05) is 48.2 Å². The first-order chi connectivity index (χ1) is 14.5. The van der Waals surface area contributed by atoms with Crippen molar-refractivity contribution < 1.29 is 9.59 Å². The molecule has 158 valence electrons. The summed E-state index contributed by atoms with van der Waals surface area (Å²) in [7, 11) is 3.73. The summed E-state index contributed by atoms with van der Waals surface area (Å²) < 4.78 is 0. The minimum Gasteiger partial charge on any atom is -0.337 e. The zero-order chi connectivity index (χ0) is 21.3. The van der Waals surface area contributed by atoms with Gasteiger partial charge in [0.25, 0.3) is 0 Å². The van der Waals surface area contributed by atoms with Gasteiger partial charge in [0.15, 0.2) is 5.78 Å². The third-order valence-electron chi connectivity index (χ3n) is 6.62. The second-order valence-electron chi connectivity index (χ2n) is 8.66. The van der Waals surface area contributed by atoms with Gasteiger partial charge in [0.2, 0.25) is 5.91 Å². The van der Waals surface area contributed by atoms with Gasteiger partial charge in [-0.15, -0.1) is 0 Å². The Bertz CT molecular complexity index is 875. The number of para-hydroxylation sites is 2. The van der Waals surface area contributed by atoms with Crippen molar-refractivity contribution in [1.29, 1.82) is 5.26 Å². The average Bonchev–Trinajstić information content (AvgIpc) is 3.57. The monoisotopic (exact) mass is 406 g/mol. The van der Waals surface area contributed by atoms with Crippen LogP contribution in [0.4, 0.5) is 11.4 Å². The van der Waals surface area contributed by atoms with Crippen molar-refractivity contribution in [2.45, 2.75) is 69.9 Å². The molecule has 0 atom stereocenters. The minimum atomic E-state index is -0.258. The van der Waals surface area contributed by atoms with Crippen molar-refractivity contribution in [1.82, 2.24) is 4.90 Å². The largest absolute Gasteiger partial charge is 0.337 e. The first-order valence-electron chi connectivity index (χ1n) is 11.1. The first kappa shape index (κ1) is 20.5. The number of carbonyl (C=O) groups is 2. The number of ketones is 1. The molecule has 2 saturated carbocycles. The van der Waals surface area contributed by atoms with E-state index in [-0.39, 0.29) is 30.1 Å². The van der Waals surface area contributed by atoms with Crippen LogP contribution in [0.1, 0.15) is 57.8 Å². The van der Waals surface area contributed by atoms with Gasteiger partial charge in [-0.1, -0.05) is 31.4 Å². The minimum absolute atomic E-state index is 0.0801. The summed E-state index contributed by atoms with van der Waals surface area (Å²) in [5.41, 5.74) is 2.05. The number of Topliss-reactive ketones (excluding diaryl/α,β-unsaturated/α-hetero) is 1. The van der Waals surface area contributed by atoms with Gasteiger partial charge in [-0.3, -0.25) is 9.59 Å². The second kappa shape index (κ2) is 8.51. The summed E-state index contributed by atoms with van der Waals surface area (Å²) in [6.07, 6.45) is 8.21. The number of anilines is 2. The molecule has 0 radical (unpaired) electrons. The lowest BCUT2D eigenvalue weighted by Crippen LogP contribution is -2.43. The molecule has 0 saturated heterocycles. The van der Waals surface area contributed by atoms with Crippen molar-refractivity contribution in [2.24, 2.45) is 0 Å². The molecular weight excluding hydrogens is 376 g/mol. The standard InChI is InChI=1S/C24H30N4O2/c1-26-20-10-6-7-11-21(20)27(2)24(26)19(16-25)22(29)14-15-23(30)28(18-12-13-18)17-8-4-3-5-9-17/h6-7,10-11,17-18H,3-5,8-9,12-15H2,1-2H3. The van der Waals surface area contributed by atoms with Gasteiger partial charge in [0.05, 0.1) is 11.4 Å². The summed E-state index contributed by atoms with van der Waals surface area (Å²) in [5.74, 6) is 0.408. The highest BCUT2D eigenvalue weighted by atomic mass is 16.2. The Labute approximate surface area is 178 Å². The number of amides is 1. The molecule has 1 heterocycles. The Morgan fingerprint density at radius 2 is 1.53 bits per heavy atom. The Balaban J connectivity index is 1.47. The molecule has 3 aliphatic rings. The smallest absolute Gasteiger partial charge is 0.223 e. The van der Waals surface area contributed by atoms with E-state index >= 15 is 0 Å². The van der Waals surface area contributed by atoms with Gasteiger partial charge in [-0.05, 0) is 37.8 Å². The number of fused-ring (bicyclic) bond motifs is 1. The van der Waals surface area contributed by atoms with E-state index in [2.05, 4.69) is 11.0 Å². The number of hydrogen-bond donors (Lipinski definition) is 0. The lowest BCUT2D eigenvalue weighted by atomic mass is 9.93. The maximum absolute atomic E-state index is 13.0. The highest BCUT2D eigenvalue weighted by Crippen LogP contribution is 2.40. The van der Waals surface area contributed by atoms with Crippen LogP contribution in [0.15, 0.2) is 35.7 Å². The van der Waals surface area contributed by atoms with E-state index in [0.717, 1.165) is 37.1 Å². The summed E-state index contributed by atoms with van der Waals surface area (Å²) in [6, 6.07) is 10.6. The number of nitriles is 1. The summed E-state index contributed by atoms with van der Waals surface area (Å²) >= 11 is 0. The van der Waals surface area contributed by atoms with Crippen molar-refractivity contribution >= 4 is 23.1 Å². The molecule has 1 amide bonds. The summed E-state index contributed by atoms with van der Waals surface area (Å²) in [6.45, 7) is 0. The van der Waals surface area contributed by atoms with E-state index in [4.69, 9.17) is 0 Å². The highest BCUT2D eigenvalue weighted by Gasteiger charge is 2.38. The fourth-order valence-corrected chi connectivity index (χ4v) is 4.95. The van der Waals surface area contributed by atoms with Gasteiger partial charge < -0.3 is 14.7 Å². The molecule has 0 aromatic heterocycles. The maximum atomic E-state index is 13.0. The molecule has 1 aromatic rings. The van der Waals surface area contributed by atoms with E-state index < -0.39 is 0 Å². The van der Waals surface area contributed by atoms with E-state index in [0.29, 0.717) is 17.9 Å². The molecule has 2 aliphatic carbocycles. The third kappa shape index (κ3) is 3.81. The van der Waals surface area contributed by atoms with Crippen molar-refractivity contribution in [3.63, 3.8) is 0 Å². The SMILES string of the molecule is CN1C(=C(C#N)C(=O)CCC(=O)N(C2CCCCC2)C2CC2)N(C)c2ccccc21. The number of hydrogen-bond acceptors (Lipinski definition) is 5. The predicted octanol–water partition coefficient (Wildman–Crippen LogP) is 3.98. The van der Waals surface area contributed by atoms with Crippen LogP contribution in [0.5, 0.6) is 0 Å². The molecule has 1 aromatic carbocycles. The van der Waals surface area contributed by atoms with Crippen LogP contribution in [0.2, 0.25) is 0 Å². The molecular formula is C24H30N4O2. The number of benzene rings is 1. The van der Waals surface area contributed by atoms with Gasteiger partial charge in [-0.25, -0.2) is 0 Å². The van der Waals surface area contributed by atoms with Crippen molar-refractivity contribution in [3.05, 3.63) is 35.7 Å². The van der Waals surface area contributed by atoms with Crippen LogP contribution >= 0.6 is 0 Å². The molecule has 4 rings (SSSR count). The zero-order valence-corrected chi connectivity index (χ0v) is 17.9. The molecule has 0 bridgehead atoms. The van der Waals surface area contributed by atoms with E-state index in [9.17, 15) is 14.9 Å². The number of rotatable bonds is 6. The molecule has 0 N–H and O–H groups in total. The van der Waals surface area contributed by atoms with Crippen LogP contribution in [0.25, 0.3) is 0 Å². The number of nitrogens with zero attached hydrogens (tertiary/aromatic N) is 4. The molecule has 1 aliphatic heterocycles. The molecule has 30 heavy (non-hydrogen) atoms. The lowest BCUT2D eigenvalue weighted by Gasteiger charge is -2.34. The first-order valence-corrected chi connectivity index (χ1v) is 11.1. The fourth-order valence-electron chi connectivity index (χ4n) is 4.95. The molecule has 6 nitrogen and oxygen atoms in total. The summed E-state index contributed by atoms with van der Waals surface area (Å²) in [5, 5.41) is 9.77. The number of allylic oxidation sites excluding steroid dienone is 1. The Kier molecular flexibility index (Phi) is 5.80. The van der Waals surface area contributed by atoms with Gasteiger partial charge in [0.1, 0.15) is 17.5 Å². The molecule has 0 unspecified atom stereocenters. The normalized spacial score (nSPS) is 18.8. The third-order valence-corrected chi connectivity index (χ3v) is 6.62. The van der Waals surface area contributed by atoms with E-state index in [1.165, 1.54) is 19.3 Å². The Morgan fingerprint density at radius 1 is 0.967 bits per heavy atom. The predicted molar refractivity (Wildman–Crippen MR) is 117 cm³/mol. The van der Waals surface area contributed by atoms with Gasteiger partial charge in [-0.2, -0.15) is 5.26 Å². The second-order valence-corrected chi connectivity index (χ2v) is 8.66. The fraction of sp³-hybridized carbons (Fsp3) is 0.542. The van der Waals surface area contributed by atoms with Crippen molar-refractivity contribution in [3.8, 4) is 6.07 Å². The highest BCUT2D eigenvalue weighted by molar-refractivity contribution is 6.03. The van der Waals surface area contributed by atoms with Crippen LogP contribution in [-0.4, -0.2) is 42.8 Å². The van der Waals surface area contributed by atoms with Crippen LogP contribution in [-0.2, 0) is 9.59 Å². The Hall–Kier alpha value is -2.81. The zero-order valence-electron chi connectivity index (χ0n) is 17.9. The summed E-state index contributed by atoms with van der Waals surface area (Å²) in [4.78, 5) is 31.9.